The number of unbranched alkanes of at least 4 members (excludes halogenated alkanes) is 1. The van der Waals surface area contributed by atoms with Gasteiger partial charge in [0.15, 0.2) is 0 Å². The van der Waals surface area contributed by atoms with Crippen molar-refractivity contribution in [2.75, 3.05) is 13.6 Å². The van der Waals surface area contributed by atoms with E-state index in [-0.39, 0.29) is 27.9 Å². The van der Waals surface area contributed by atoms with Gasteiger partial charge in [-0.15, -0.1) is 0 Å². The molecule has 1 rings (SSSR count). The zero-order valence-corrected chi connectivity index (χ0v) is 13.2. The molecule has 0 aromatic heterocycles. The van der Waals surface area contributed by atoms with Crippen molar-refractivity contribution in [2.24, 2.45) is 0 Å². The summed E-state index contributed by atoms with van der Waals surface area (Å²) in [5.74, 6) is -0.895. The lowest BCUT2D eigenvalue weighted by Gasteiger charge is -2.18. The highest BCUT2D eigenvalue weighted by atomic mass is 35.5. The molecule has 0 bridgehead atoms. The molecule has 1 aromatic rings. The number of aliphatic carboxylic acids is 1. The summed E-state index contributed by atoms with van der Waals surface area (Å²) in [5.41, 5.74) is 0. The molecule has 0 amide bonds. The van der Waals surface area contributed by atoms with Crippen LogP contribution in [0.5, 0.6) is 0 Å². The Kier molecular flexibility index (Phi) is 6.26. The van der Waals surface area contributed by atoms with Crippen LogP contribution in [0, 0.1) is 0 Å². The molecule has 0 unspecified atom stereocenters. The van der Waals surface area contributed by atoms with Crippen LogP contribution in [0.4, 0.5) is 0 Å². The third kappa shape index (κ3) is 4.34. The predicted octanol–water partition coefficient (Wildman–Crippen LogP) is 2.87. The van der Waals surface area contributed by atoms with Crippen LogP contribution in [0.25, 0.3) is 0 Å². The lowest BCUT2D eigenvalue weighted by molar-refractivity contribution is -0.137. The molecule has 0 radical (unpaired) electrons. The van der Waals surface area contributed by atoms with Gasteiger partial charge in [-0.25, -0.2) is 12.7 Å². The molecule has 0 atom stereocenters. The van der Waals surface area contributed by atoms with Gasteiger partial charge in [0.2, 0.25) is 10.0 Å². The summed E-state index contributed by atoms with van der Waals surface area (Å²) in [6.07, 6.45) is 0.893. The molecule has 0 heterocycles. The van der Waals surface area contributed by atoms with Gasteiger partial charge in [-0.3, -0.25) is 4.79 Å². The number of hydrogen-bond donors (Lipinski definition) is 1. The first kappa shape index (κ1) is 17.2. The Bertz CT molecular complexity index is 589. The van der Waals surface area contributed by atoms with E-state index in [0.29, 0.717) is 12.8 Å². The van der Waals surface area contributed by atoms with Crippen LogP contribution in [0.2, 0.25) is 10.0 Å². The van der Waals surface area contributed by atoms with E-state index in [1.54, 1.807) is 0 Å². The topological polar surface area (TPSA) is 74.7 Å². The molecular formula is C12H15Cl2NO4S. The summed E-state index contributed by atoms with van der Waals surface area (Å²) in [6, 6.07) is 4.41. The first-order chi connectivity index (χ1) is 9.26. The zero-order chi connectivity index (χ0) is 15.3. The van der Waals surface area contributed by atoms with E-state index in [9.17, 15) is 13.2 Å². The van der Waals surface area contributed by atoms with Crippen molar-refractivity contribution in [3.05, 3.63) is 28.2 Å². The molecule has 0 fully saturated rings. The van der Waals surface area contributed by atoms with Crippen LogP contribution in [0.15, 0.2) is 23.1 Å². The van der Waals surface area contributed by atoms with Gasteiger partial charge in [-0.1, -0.05) is 29.3 Å². The molecule has 5 nitrogen and oxygen atoms in total. The van der Waals surface area contributed by atoms with E-state index in [4.69, 9.17) is 28.3 Å². The van der Waals surface area contributed by atoms with E-state index in [2.05, 4.69) is 0 Å². The number of carboxylic acids is 1. The Hall–Kier alpha value is -0.820. The smallest absolute Gasteiger partial charge is 0.303 e. The molecule has 20 heavy (non-hydrogen) atoms. The second-order valence-electron chi connectivity index (χ2n) is 4.23. The van der Waals surface area contributed by atoms with Crippen molar-refractivity contribution < 1.29 is 18.3 Å². The molecule has 0 saturated carbocycles. The second kappa shape index (κ2) is 7.26. The summed E-state index contributed by atoms with van der Waals surface area (Å²) in [7, 11) is -2.30. The van der Waals surface area contributed by atoms with Gasteiger partial charge in [0.05, 0.1) is 10.0 Å². The van der Waals surface area contributed by atoms with Crippen molar-refractivity contribution in [2.45, 2.75) is 24.2 Å². The van der Waals surface area contributed by atoms with Crippen molar-refractivity contribution >= 4 is 39.2 Å². The largest absolute Gasteiger partial charge is 0.481 e. The maximum absolute atomic E-state index is 12.3. The molecule has 1 aromatic carbocycles. The number of halogens is 2. The average Bonchev–Trinajstić information content (AvgIpc) is 2.37. The molecule has 0 aliphatic carbocycles. The fourth-order valence-corrected chi connectivity index (χ4v) is 3.52. The van der Waals surface area contributed by atoms with Crippen molar-refractivity contribution in [3.63, 3.8) is 0 Å². The van der Waals surface area contributed by atoms with Gasteiger partial charge in [-0.05, 0) is 25.0 Å². The maximum Gasteiger partial charge on any atom is 0.303 e. The molecular weight excluding hydrogens is 325 g/mol. The van der Waals surface area contributed by atoms with Gasteiger partial charge >= 0.3 is 5.97 Å². The zero-order valence-electron chi connectivity index (χ0n) is 10.8. The fourth-order valence-electron chi connectivity index (χ4n) is 1.58. The Morgan fingerprint density at radius 2 is 1.95 bits per heavy atom. The van der Waals surface area contributed by atoms with Crippen LogP contribution in [-0.2, 0) is 14.8 Å². The lowest BCUT2D eigenvalue weighted by Crippen LogP contribution is -2.28. The van der Waals surface area contributed by atoms with E-state index in [1.165, 1.54) is 25.2 Å². The first-order valence-electron chi connectivity index (χ1n) is 5.89. The molecule has 1 N–H and O–H groups in total. The molecule has 0 aliphatic heterocycles. The van der Waals surface area contributed by atoms with Crippen molar-refractivity contribution in [3.8, 4) is 0 Å². The van der Waals surface area contributed by atoms with E-state index >= 15 is 0 Å². The minimum Gasteiger partial charge on any atom is -0.481 e. The highest BCUT2D eigenvalue weighted by Gasteiger charge is 2.24. The number of nitrogens with zero attached hydrogens (tertiary/aromatic N) is 1. The molecule has 8 heteroatoms. The van der Waals surface area contributed by atoms with Crippen LogP contribution < -0.4 is 0 Å². The summed E-state index contributed by atoms with van der Waals surface area (Å²) in [4.78, 5) is 10.3. The summed E-state index contributed by atoms with van der Waals surface area (Å²) in [6.45, 7) is 0.221. The Morgan fingerprint density at radius 1 is 1.30 bits per heavy atom. The molecule has 0 saturated heterocycles. The number of hydrogen-bond acceptors (Lipinski definition) is 3. The van der Waals surface area contributed by atoms with Crippen LogP contribution >= 0.6 is 23.2 Å². The lowest BCUT2D eigenvalue weighted by atomic mass is 10.2. The maximum atomic E-state index is 12.3. The number of rotatable bonds is 7. The first-order valence-corrected chi connectivity index (χ1v) is 8.08. The minimum absolute atomic E-state index is 0.00782. The highest BCUT2D eigenvalue weighted by molar-refractivity contribution is 7.89. The average molecular weight is 340 g/mol. The Morgan fingerprint density at radius 3 is 2.55 bits per heavy atom. The number of carbonyl (C=O) groups is 1. The SMILES string of the molecule is CN(CCCCC(=O)O)S(=O)(=O)c1cccc(Cl)c1Cl. The number of carboxylic acid groups (broad SMARTS) is 1. The second-order valence-corrected chi connectivity index (χ2v) is 7.03. The highest BCUT2D eigenvalue weighted by Crippen LogP contribution is 2.30. The van der Waals surface area contributed by atoms with Gasteiger partial charge in [-0.2, -0.15) is 0 Å². The third-order valence-electron chi connectivity index (χ3n) is 2.72. The van der Waals surface area contributed by atoms with Crippen LogP contribution in [-0.4, -0.2) is 37.4 Å². The van der Waals surface area contributed by atoms with Gasteiger partial charge in [0, 0.05) is 20.0 Å². The van der Waals surface area contributed by atoms with E-state index < -0.39 is 16.0 Å². The fraction of sp³-hybridized carbons (Fsp3) is 0.417. The van der Waals surface area contributed by atoms with Gasteiger partial charge in [0.25, 0.3) is 0 Å². The molecule has 0 spiro atoms. The van der Waals surface area contributed by atoms with E-state index in [1.807, 2.05) is 0 Å². The Balaban J connectivity index is 2.77. The quantitative estimate of drug-likeness (QED) is 0.775. The normalized spacial score (nSPS) is 11.8. The van der Waals surface area contributed by atoms with Gasteiger partial charge in [0.1, 0.15) is 4.90 Å². The van der Waals surface area contributed by atoms with Crippen LogP contribution in [0.1, 0.15) is 19.3 Å². The third-order valence-corrected chi connectivity index (χ3v) is 5.55. The minimum atomic E-state index is -3.72. The van der Waals surface area contributed by atoms with Crippen LogP contribution in [0.3, 0.4) is 0 Å². The summed E-state index contributed by atoms with van der Waals surface area (Å²) >= 11 is 11.7. The number of benzene rings is 1. The van der Waals surface area contributed by atoms with Gasteiger partial charge < -0.3 is 5.11 Å². The summed E-state index contributed by atoms with van der Waals surface area (Å²) in [5, 5.41) is 8.68. The predicted molar refractivity (Wildman–Crippen MR) is 77.8 cm³/mol. The Labute approximate surface area is 128 Å². The standard InChI is InChI=1S/C12H15Cl2NO4S/c1-15(8-3-2-7-11(16)17)20(18,19)10-6-4-5-9(13)12(10)14/h4-6H,2-3,7-8H2,1H3,(H,16,17). The van der Waals surface area contributed by atoms with Crippen molar-refractivity contribution in [1.29, 1.82) is 0 Å². The molecule has 112 valence electrons. The monoisotopic (exact) mass is 339 g/mol. The van der Waals surface area contributed by atoms with Crippen molar-refractivity contribution in [1.82, 2.24) is 4.31 Å². The number of sulfonamides is 1. The van der Waals surface area contributed by atoms with E-state index in [0.717, 1.165) is 4.31 Å². The summed E-state index contributed by atoms with van der Waals surface area (Å²) < 4.78 is 25.7. The molecule has 0 aliphatic rings.